The van der Waals surface area contributed by atoms with Crippen molar-refractivity contribution in [2.24, 2.45) is 0 Å². The van der Waals surface area contributed by atoms with Gasteiger partial charge in [-0.3, -0.25) is 9.35 Å². The summed E-state index contributed by atoms with van der Waals surface area (Å²) in [6.07, 6.45) is 0.740. The van der Waals surface area contributed by atoms with E-state index in [1.165, 1.54) is 4.90 Å². The molecule has 2 aromatic carbocycles. The van der Waals surface area contributed by atoms with Gasteiger partial charge in [-0.2, -0.15) is 13.5 Å². The molecule has 2 N–H and O–H groups in total. The minimum atomic E-state index is -4.81. The number of hydroxylamine groups is 2. The van der Waals surface area contributed by atoms with Crippen LogP contribution in [-0.2, 0) is 19.5 Å². The zero-order valence-corrected chi connectivity index (χ0v) is 14.9. The van der Waals surface area contributed by atoms with Crippen LogP contribution >= 0.6 is 0 Å². The average molecular weight is 391 g/mol. The summed E-state index contributed by atoms with van der Waals surface area (Å²) in [5.74, 6) is -0.355. The lowest BCUT2D eigenvalue weighted by Crippen LogP contribution is -2.47. The average Bonchev–Trinajstić information content (AvgIpc) is 2.85. The Morgan fingerprint density at radius 1 is 1.15 bits per heavy atom. The Balaban J connectivity index is 1.54. The third kappa shape index (κ3) is 3.34. The van der Waals surface area contributed by atoms with Crippen molar-refractivity contribution in [2.75, 3.05) is 11.9 Å². The Labute approximate surface area is 155 Å². The summed E-state index contributed by atoms with van der Waals surface area (Å²) in [6.45, 7) is 0.155. The second kappa shape index (κ2) is 6.48. The Bertz CT molecular complexity index is 1020. The highest BCUT2D eigenvalue weighted by molar-refractivity contribution is 7.80. The van der Waals surface area contributed by atoms with Crippen LogP contribution < -0.4 is 5.32 Å². The van der Waals surface area contributed by atoms with Crippen LogP contribution in [0.3, 0.4) is 0 Å². The topological polar surface area (TPSA) is 116 Å². The number of carbonyl (C=O) groups excluding carboxylic acids is 2. The lowest BCUT2D eigenvalue weighted by Gasteiger charge is -2.29. The Kier molecular flexibility index (Phi) is 4.25. The first kappa shape index (κ1) is 17.7. The standard InChI is InChI=1S/C17H17N3O6S/c21-16(18-14-7-3-5-11-4-1-2-6-13(11)14)15-9-8-12-10-19(15)17(22)20(12)26-27(23,24)25/h1-7,12,15H,8-10H2,(H,18,21)(H,23,24,25)/t12-,15+/m1/s1. The normalized spacial score (nSPS) is 22.3. The molecule has 2 aliphatic rings. The number of anilines is 1. The van der Waals surface area contributed by atoms with Crippen LogP contribution in [0.25, 0.3) is 10.8 Å². The van der Waals surface area contributed by atoms with Crippen LogP contribution in [0.5, 0.6) is 0 Å². The molecule has 9 nitrogen and oxygen atoms in total. The molecule has 2 heterocycles. The zero-order valence-electron chi connectivity index (χ0n) is 14.1. The number of amides is 3. The molecule has 3 amide bonds. The fourth-order valence-corrected chi connectivity index (χ4v) is 4.04. The minimum Gasteiger partial charge on any atom is -0.324 e. The molecule has 2 bridgehead atoms. The SMILES string of the molecule is O=C(Nc1cccc2ccccc12)[C@@H]1CC[C@@H]2CN1C(=O)N2OS(=O)(=O)O. The van der Waals surface area contributed by atoms with Gasteiger partial charge in [0.1, 0.15) is 6.04 Å². The highest BCUT2D eigenvalue weighted by Crippen LogP contribution is 2.32. The third-order valence-corrected chi connectivity index (χ3v) is 5.20. The summed E-state index contributed by atoms with van der Waals surface area (Å²) in [4.78, 5) is 26.5. The molecule has 0 spiro atoms. The van der Waals surface area contributed by atoms with Crippen LogP contribution in [0.2, 0.25) is 0 Å². The van der Waals surface area contributed by atoms with E-state index in [2.05, 4.69) is 9.60 Å². The van der Waals surface area contributed by atoms with Crippen LogP contribution in [0, 0.1) is 0 Å². The van der Waals surface area contributed by atoms with Crippen LogP contribution in [0.4, 0.5) is 10.5 Å². The summed E-state index contributed by atoms with van der Waals surface area (Å²) >= 11 is 0. The van der Waals surface area contributed by atoms with Gasteiger partial charge in [0.25, 0.3) is 0 Å². The second-order valence-corrected chi connectivity index (χ2v) is 7.53. The van der Waals surface area contributed by atoms with E-state index in [4.69, 9.17) is 4.55 Å². The number of rotatable bonds is 4. The van der Waals surface area contributed by atoms with Crippen molar-refractivity contribution < 1.29 is 26.8 Å². The molecule has 2 saturated heterocycles. The van der Waals surface area contributed by atoms with Crippen molar-refractivity contribution in [1.82, 2.24) is 9.96 Å². The van der Waals surface area contributed by atoms with E-state index in [1.54, 1.807) is 6.07 Å². The zero-order chi connectivity index (χ0) is 19.2. The van der Waals surface area contributed by atoms with Crippen LogP contribution in [-0.4, -0.2) is 53.5 Å². The summed E-state index contributed by atoms with van der Waals surface area (Å²) in [5.41, 5.74) is 0.637. The summed E-state index contributed by atoms with van der Waals surface area (Å²) in [7, 11) is -4.81. The largest absolute Gasteiger partial charge is 0.418 e. The molecule has 0 saturated carbocycles. The lowest BCUT2D eigenvalue weighted by molar-refractivity contribution is -0.120. The van der Waals surface area contributed by atoms with Crippen molar-refractivity contribution >= 4 is 38.8 Å². The quantitative estimate of drug-likeness (QED) is 0.768. The summed E-state index contributed by atoms with van der Waals surface area (Å²) < 4.78 is 35.1. The molecule has 2 atom stereocenters. The maximum Gasteiger partial charge on any atom is 0.418 e. The second-order valence-electron chi connectivity index (χ2n) is 6.53. The minimum absolute atomic E-state index is 0.155. The van der Waals surface area contributed by atoms with Crippen molar-refractivity contribution in [3.8, 4) is 0 Å². The first-order valence-corrected chi connectivity index (χ1v) is 9.75. The monoisotopic (exact) mass is 391 g/mol. The van der Waals surface area contributed by atoms with Gasteiger partial charge in [0.05, 0.1) is 6.04 Å². The van der Waals surface area contributed by atoms with Gasteiger partial charge in [-0.1, -0.05) is 36.4 Å². The molecule has 4 rings (SSSR count). The number of nitrogens with one attached hydrogen (secondary N) is 1. The van der Waals surface area contributed by atoms with Crippen molar-refractivity contribution in [3.05, 3.63) is 42.5 Å². The summed E-state index contributed by atoms with van der Waals surface area (Å²) in [6, 6.07) is 11.1. The van der Waals surface area contributed by atoms with E-state index in [0.29, 0.717) is 23.6 Å². The number of nitrogens with zero attached hydrogens (tertiary/aromatic N) is 2. The molecule has 0 radical (unpaired) electrons. The number of urea groups is 1. The molecule has 10 heteroatoms. The molecule has 142 valence electrons. The van der Waals surface area contributed by atoms with Crippen LogP contribution in [0.1, 0.15) is 12.8 Å². The van der Waals surface area contributed by atoms with E-state index in [9.17, 15) is 18.0 Å². The number of fused-ring (bicyclic) bond motifs is 3. The Morgan fingerprint density at radius 2 is 1.89 bits per heavy atom. The van der Waals surface area contributed by atoms with Crippen LogP contribution in [0.15, 0.2) is 42.5 Å². The number of piperidine rings is 1. The van der Waals surface area contributed by atoms with E-state index < -0.39 is 28.5 Å². The van der Waals surface area contributed by atoms with E-state index >= 15 is 0 Å². The number of hydrogen-bond donors (Lipinski definition) is 2. The molecule has 2 fully saturated rings. The van der Waals surface area contributed by atoms with E-state index in [-0.39, 0.29) is 12.5 Å². The number of benzene rings is 2. The van der Waals surface area contributed by atoms with Gasteiger partial charge in [0, 0.05) is 17.6 Å². The predicted molar refractivity (Wildman–Crippen MR) is 96.0 cm³/mol. The Morgan fingerprint density at radius 3 is 2.67 bits per heavy atom. The van der Waals surface area contributed by atoms with E-state index in [0.717, 1.165) is 10.8 Å². The molecule has 0 unspecified atom stereocenters. The molecule has 27 heavy (non-hydrogen) atoms. The number of carbonyl (C=O) groups is 2. The first-order chi connectivity index (χ1) is 12.8. The van der Waals surface area contributed by atoms with Gasteiger partial charge in [0.15, 0.2) is 0 Å². The van der Waals surface area contributed by atoms with Gasteiger partial charge < -0.3 is 10.2 Å². The van der Waals surface area contributed by atoms with Gasteiger partial charge in [-0.25, -0.2) is 4.79 Å². The van der Waals surface area contributed by atoms with Crippen molar-refractivity contribution in [1.29, 1.82) is 0 Å². The smallest absolute Gasteiger partial charge is 0.324 e. The van der Waals surface area contributed by atoms with Gasteiger partial charge in [-0.05, 0) is 24.3 Å². The fourth-order valence-electron chi connectivity index (χ4n) is 3.65. The van der Waals surface area contributed by atoms with Gasteiger partial charge in [-0.15, -0.1) is 4.28 Å². The molecule has 2 aromatic rings. The maximum absolute atomic E-state index is 12.8. The fraction of sp³-hybridized carbons (Fsp3) is 0.294. The highest BCUT2D eigenvalue weighted by atomic mass is 32.3. The lowest BCUT2D eigenvalue weighted by atomic mass is 10.00. The first-order valence-electron chi connectivity index (χ1n) is 8.39. The van der Waals surface area contributed by atoms with Crippen molar-refractivity contribution in [2.45, 2.75) is 24.9 Å². The molecular formula is C17H17N3O6S. The summed E-state index contributed by atoms with van der Waals surface area (Å²) in [5, 5.41) is 5.34. The molecule has 2 aliphatic heterocycles. The number of hydrogen-bond acceptors (Lipinski definition) is 5. The molecular weight excluding hydrogens is 374 g/mol. The van der Waals surface area contributed by atoms with Gasteiger partial charge in [0.2, 0.25) is 5.91 Å². The maximum atomic E-state index is 12.8. The van der Waals surface area contributed by atoms with E-state index in [1.807, 2.05) is 36.4 Å². The molecule has 0 aliphatic carbocycles. The molecule has 0 aromatic heterocycles. The van der Waals surface area contributed by atoms with Crippen molar-refractivity contribution in [3.63, 3.8) is 0 Å². The Hall–Kier alpha value is -2.69. The highest BCUT2D eigenvalue weighted by Gasteiger charge is 2.49. The van der Waals surface area contributed by atoms with Gasteiger partial charge >= 0.3 is 16.4 Å². The predicted octanol–water partition coefficient (Wildman–Crippen LogP) is 1.78. The third-order valence-electron chi connectivity index (χ3n) is 4.85.